The lowest BCUT2D eigenvalue weighted by molar-refractivity contribution is 0.602. The number of fused-ring (bicyclic) bond motifs is 1. The van der Waals surface area contributed by atoms with Gasteiger partial charge in [-0.25, -0.2) is 8.78 Å². The van der Waals surface area contributed by atoms with E-state index in [0.717, 1.165) is 5.52 Å². The standard InChI is InChI=1S/C15H10ClF2N/c16-12-4-1-3-10(15(12)18)9-19-8-7-11-13(17)5-2-6-14(11)19/h1-8H,9H2. The topological polar surface area (TPSA) is 4.93 Å². The first-order chi connectivity index (χ1) is 9.16. The molecule has 0 bridgehead atoms. The van der Waals surface area contributed by atoms with Gasteiger partial charge in [0, 0.05) is 17.1 Å². The predicted molar refractivity (Wildman–Crippen MR) is 72.4 cm³/mol. The number of benzene rings is 2. The summed E-state index contributed by atoms with van der Waals surface area (Å²) in [5.74, 6) is -0.703. The highest BCUT2D eigenvalue weighted by Gasteiger charge is 2.09. The Hall–Kier alpha value is -1.87. The van der Waals surface area contributed by atoms with Crippen molar-refractivity contribution in [2.45, 2.75) is 6.54 Å². The van der Waals surface area contributed by atoms with Gasteiger partial charge in [-0.1, -0.05) is 29.8 Å². The summed E-state index contributed by atoms with van der Waals surface area (Å²) in [6, 6.07) is 11.4. The van der Waals surface area contributed by atoms with Gasteiger partial charge in [0.05, 0.1) is 17.1 Å². The summed E-state index contributed by atoms with van der Waals surface area (Å²) in [5.41, 5.74) is 1.22. The van der Waals surface area contributed by atoms with Crippen molar-refractivity contribution in [2.75, 3.05) is 0 Å². The maximum atomic E-state index is 13.9. The van der Waals surface area contributed by atoms with Crippen LogP contribution in [0.5, 0.6) is 0 Å². The number of hydrogen-bond donors (Lipinski definition) is 0. The molecule has 1 aromatic heterocycles. The van der Waals surface area contributed by atoms with Crippen LogP contribution in [-0.2, 0) is 6.54 Å². The first-order valence-corrected chi connectivity index (χ1v) is 6.21. The summed E-state index contributed by atoms with van der Waals surface area (Å²) in [6.07, 6.45) is 1.74. The second-order valence-corrected chi connectivity index (χ2v) is 4.74. The van der Waals surface area contributed by atoms with Crippen LogP contribution < -0.4 is 0 Å². The van der Waals surface area contributed by atoms with Gasteiger partial charge in [0.25, 0.3) is 0 Å². The number of aromatic nitrogens is 1. The van der Waals surface area contributed by atoms with Gasteiger partial charge < -0.3 is 4.57 Å². The van der Waals surface area contributed by atoms with Gasteiger partial charge in [-0.2, -0.15) is 0 Å². The Morgan fingerprint density at radius 3 is 2.63 bits per heavy atom. The molecule has 0 spiro atoms. The molecular weight excluding hydrogens is 268 g/mol. The predicted octanol–water partition coefficient (Wildman–Crippen LogP) is 4.62. The monoisotopic (exact) mass is 277 g/mol. The van der Waals surface area contributed by atoms with Gasteiger partial charge in [-0.3, -0.25) is 0 Å². The van der Waals surface area contributed by atoms with Crippen LogP contribution in [0.1, 0.15) is 5.56 Å². The van der Waals surface area contributed by atoms with Gasteiger partial charge in [0.2, 0.25) is 0 Å². The van der Waals surface area contributed by atoms with E-state index in [1.807, 2.05) is 0 Å². The molecule has 0 saturated heterocycles. The molecule has 19 heavy (non-hydrogen) atoms. The molecule has 0 aliphatic rings. The molecule has 0 N–H and O–H groups in total. The van der Waals surface area contributed by atoms with Crippen LogP contribution in [0.15, 0.2) is 48.7 Å². The van der Waals surface area contributed by atoms with Gasteiger partial charge in [0.15, 0.2) is 0 Å². The van der Waals surface area contributed by atoms with E-state index < -0.39 is 5.82 Å². The maximum Gasteiger partial charge on any atom is 0.146 e. The Labute approximate surface area is 114 Å². The van der Waals surface area contributed by atoms with E-state index in [1.54, 1.807) is 41.1 Å². The van der Waals surface area contributed by atoms with Crippen LogP contribution in [0.3, 0.4) is 0 Å². The van der Waals surface area contributed by atoms with E-state index in [4.69, 9.17) is 11.6 Å². The van der Waals surface area contributed by atoms with Crippen LogP contribution in [0.2, 0.25) is 5.02 Å². The van der Waals surface area contributed by atoms with Crippen molar-refractivity contribution in [3.05, 3.63) is 70.9 Å². The van der Waals surface area contributed by atoms with E-state index in [2.05, 4.69) is 0 Å². The minimum Gasteiger partial charge on any atom is -0.343 e. The molecule has 0 radical (unpaired) electrons. The average Bonchev–Trinajstić information content (AvgIpc) is 2.80. The lowest BCUT2D eigenvalue weighted by atomic mass is 10.2. The zero-order valence-corrected chi connectivity index (χ0v) is 10.7. The van der Waals surface area contributed by atoms with Crippen molar-refractivity contribution in [3.8, 4) is 0 Å². The molecule has 3 rings (SSSR count). The van der Waals surface area contributed by atoms with E-state index in [0.29, 0.717) is 17.5 Å². The van der Waals surface area contributed by atoms with Gasteiger partial charge in [-0.15, -0.1) is 0 Å². The lowest BCUT2D eigenvalue weighted by Crippen LogP contribution is -2.00. The summed E-state index contributed by atoms with van der Waals surface area (Å²) in [6.45, 7) is 0.319. The molecule has 1 nitrogen and oxygen atoms in total. The normalized spacial score (nSPS) is 11.1. The Kier molecular flexibility index (Phi) is 2.99. The summed E-state index contributed by atoms with van der Waals surface area (Å²) in [7, 11) is 0. The van der Waals surface area contributed by atoms with E-state index in [9.17, 15) is 8.78 Å². The molecule has 0 unspecified atom stereocenters. The molecule has 0 aliphatic carbocycles. The number of rotatable bonds is 2. The molecule has 0 fully saturated rings. The Morgan fingerprint density at radius 2 is 1.79 bits per heavy atom. The van der Waals surface area contributed by atoms with Crippen molar-refractivity contribution < 1.29 is 8.78 Å². The number of hydrogen-bond acceptors (Lipinski definition) is 0. The number of halogens is 3. The molecule has 4 heteroatoms. The second-order valence-electron chi connectivity index (χ2n) is 4.33. The fourth-order valence-corrected chi connectivity index (χ4v) is 2.37. The highest BCUT2D eigenvalue weighted by atomic mass is 35.5. The number of nitrogens with zero attached hydrogens (tertiary/aromatic N) is 1. The minimum absolute atomic E-state index is 0.0974. The van der Waals surface area contributed by atoms with E-state index in [-0.39, 0.29) is 10.8 Å². The zero-order chi connectivity index (χ0) is 13.4. The molecule has 0 aliphatic heterocycles. The Morgan fingerprint density at radius 1 is 1.00 bits per heavy atom. The third-order valence-corrected chi connectivity index (χ3v) is 3.42. The zero-order valence-electron chi connectivity index (χ0n) is 9.91. The second kappa shape index (κ2) is 4.67. The van der Waals surface area contributed by atoms with E-state index >= 15 is 0 Å². The van der Waals surface area contributed by atoms with Gasteiger partial charge >= 0.3 is 0 Å². The van der Waals surface area contributed by atoms with Crippen molar-refractivity contribution in [2.24, 2.45) is 0 Å². The van der Waals surface area contributed by atoms with Crippen LogP contribution in [-0.4, -0.2) is 4.57 Å². The van der Waals surface area contributed by atoms with Crippen molar-refractivity contribution in [1.82, 2.24) is 4.57 Å². The summed E-state index contributed by atoms with van der Waals surface area (Å²) < 4.78 is 29.2. The molecule has 2 aromatic carbocycles. The summed E-state index contributed by atoms with van der Waals surface area (Å²) >= 11 is 5.75. The first kappa shape index (κ1) is 12.2. The SMILES string of the molecule is Fc1c(Cl)cccc1Cn1ccc2c(F)cccc21. The Balaban J connectivity index is 2.07. The molecule has 0 saturated carbocycles. The van der Waals surface area contributed by atoms with Crippen molar-refractivity contribution in [1.29, 1.82) is 0 Å². The highest BCUT2D eigenvalue weighted by molar-refractivity contribution is 6.30. The van der Waals surface area contributed by atoms with Crippen LogP contribution in [0, 0.1) is 11.6 Å². The van der Waals surface area contributed by atoms with E-state index in [1.165, 1.54) is 12.1 Å². The molecule has 0 atom stereocenters. The molecule has 1 heterocycles. The third kappa shape index (κ3) is 2.10. The molecular formula is C15H10ClF2N. The third-order valence-electron chi connectivity index (χ3n) is 3.13. The van der Waals surface area contributed by atoms with Crippen molar-refractivity contribution >= 4 is 22.5 Å². The van der Waals surface area contributed by atoms with Crippen molar-refractivity contribution in [3.63, 3.8) is 0 Å². The van der Waals surface area contributed by atoms with Gasteiger partial charge in [-0.05, 0) is 24.3 Å². The quantitative estimate of drug-likeness (QED) is 0.644. The molecule has 0 amide bonds. The average molecular weight is 278 g/mol. The fourth-order valence-electron chi connectivity index (χ4n) is 2.18. The van der Waals surface area contributed by atoms with Gasteiger partial charge in [0.1, 0.15) is 11.6 Å². The van der Waals surface area contributed by atoms with Crippen LogP contribution >= 0.6 is 11.6 Å². The van der Waals surface area contributed by atoms with Crippen LogP contribution in [0.25, 0.3) is 10.9 Å². The first-order valence-electron chi connectivity index (χ1n) is 5.83. The Bertz CT molecular complexity index is 749. The molecule has 3 aromatic rings. The maximum absolute atomic E-state index is 13.9. The smallest absolute Gasteiger partial charge is 0.146 e. The summed E-state index contributed by atoms with van der Waals surface area (Å²) in [4.78, 5) is 0. The minimum atomic E-state index is -0.428. The van der Waals surface area contributed by atoms with Crippen LogP contribution in [0.4, 0.5) is 8.78 Å². The fraction of sp³-hybridized carbons (Fsp3) is 0.0667. The highest BCUT2D eigenvalue weighted by Crippen LogP contribution is 2.23. The largest absolute Gasteiger partial charge is 0.343 e. The molecule has 96 valence electrons. The summed E-state index contributed by atoms with van der Waals surface area (Å²) in [5, 5.41) is 0.630. The lowest BCUT2D eigenvalue weighted by Gasteiger charge is -2.07.